The van der Waals surface area contributed by atoms with E-state index in [1.165, 1.54) is 0 Å². The summed E-state index contributed by atoms with van der Waals surface area (Å²) in [6.07, 6.45) is 0. The first-order valence-corrected chi connectivity index (χ1v) is 20.8. The van der Waals surface area contributed by atoms with Crippen LogP contribution in [0.25, 0.3) is 112 Å². The molecule has 2 aromatic heterocycles. The number of hydrogen-bond donors (Lipinski definition) is 0. The Kier molecular flexibility index (Phi) is 9.45. The Morgan fingerprint density at radius 2 is 0.873 bits per heavy atom. The Hall–Kier alpha value is -8.79. The number of fused-ring (bicyclic) bond motifs is 2. The molecule has 0 unspecified atom stereocenters. The second-order valence-electron chi connectivity index (χ2n) is 15.3. The Morgan fingerprint density at radius 1 is 0.349 bits per heavy atom. The van der Waals surface area contributed by atoms with E-state index >= 15 is 0 Å². The van der Waals surface area contributed by atoms with Gasteiger partial charge in [0.25, 0.3) is 0 Å². The Balaban J connectivity index is 1.03. The summed E-state index contributed by atoms with van der Waals surface area (Å²) < 4.78 is 6.29. The molecule has 6 nitrogen and oxygen atoms in total. The van der Waals surface area contributed by atoms with E-state index in [2.05, 4.69) is 115 Å². The molecule has 63 heavy (non-hydrogen) atoms. The Morgan fingerprint density at radius 3 is 1.57 bits per heavy atom. The van der Waals surface area contributed by atoms with Crippen LogP contribution in [-0.4, -0.2) is 19.9 Å². The van der Waals surface area contributed by atoms with Crippen LogP contribution in [0.15, 0.2) is 217 Å². The van der Waals surface area contributed by atoms with Crippen LogP contribution in [-0.2, 0) is 0 Å². The lowest BCUT2D eigenvalue weighted by Crippen LogP contribution is -2.00. The summed E-state index contributed by atoms with van der Waals surface area (Å²) in [6.45, 7) is 0. The maximum absolute atomic E-state index is 9.93. The highest BCUT2D eigenvalue weighted by Crippen LogP contribution is 2.45. The average molecular weight is 806 g/mol. The summed E-state index contributed by atoms with van der Waals surface area (Å²) in [5.74, 6) is 2.44. The largest absolute Gasteiger partial charge is 0.436 e. The highest BCUT2D eigenvalue weighted by Gasteiger charge is 2.20. The molecule has 0 atom stereocenters. The molecule has 2 heterocycles. The van der Waals surface area contributed by atoms with Gasteiger partial charge in [-0.15, -0.1) is 0 Å². The topological polar surface area (TPSA) is 88.5 Å². The molecule has 0 saturated heterocycles. The van der Waals surface area contributed by atoms with E-state index in [1.807, 2.05) is 103 Å². The minimum Gasteiger partial charge on any atom is -0.436 e. The van der Waals surface area contributed by atoms with Crippen molar-refractivity contribution in [1.82, 2.24) is 19.9 Å². The zero-order valence-electron chi connectivity index (χ0n) is 33.9. The van der Waals surface area contributed by atoms with Crippen LogP contribution >= 0.6 is 0 Å². The van der Waals surface area contributed by atoms with Crippen molar-refractivity contribution in [3.05, 3.63) is 218 Å². The molecular weight excluding hydrogens is 771 g/mol. The monoisotopic (exact) mass is 805 g/mol. The zero-order chi connectivity index (χ0) is 42.1. The van der Waals surface area contributed by atoms with Crippen LogP contribution < -0.4 is 0 Å². The highest BCUT2D eigenvalue weighted by molar-refractivity contribution is 6.08. The quantitative estimate of drug-likeness (QED) is 0.152. The first kappa shape index (κ1) is 37.2. The molecule has 0 spiro atoms. The molecule has 0 radical (unpaired) electrons. The van der Waals surface area contributed by atoms with Gasteiger partial charge in [-0.25, -0.2) is 19.9 Å². The van der Waals surface area contributed by atoms with Crippen molar-refractivity contribution in [3.8, 4) is 96.2 Å². The fourth-order valence-corrected chi connectivity index (χ4v) is 8.40. The number of oxazole rings is 1. The van der Waals surface area contributed by atoms with Gasteiger partial charge in [-0.1, -0.05) is 176 Å². The number of hydrogen-bond acceptors (Lipinski definition) is 6. The third-order valence-corrected chi connectivity index (χ3v) is 11.4. The molecule has 294 valence electrons. The average Bonchev–Trinajstić information content (AvgIpc) is 3.81. The summed E-state index contributed by atoms with van der Waals surface area (Å²) in [7, 11) is 0. The summed E-state index contributed by atoms with van der Waals surface area (Å²) in [5, 5.41) is 12.1. The highest BCUT2D eigenvalue weighted by atomic mass is 16.3. The predicted molar refractivity (Wildman–Crippen MR) is 253 cm³/mol. The van der Waals surface area contributed by atoms with Gasteiger partial charge in [0.15, 0.2) is 23.1 Å². The molecule has 11 aromatic rings. The minimum atomic E-state index is 0.587. The third kappa shape index (κ3) is 7.10. The first-order valence-electron chi connectivity index (χ1n) is 20.8. The van der Waals surface area contributed by atoms with E-state index < -0.39 is 0 Å². The van der Waals surface area contributed by atoms with Gasteiger partial charge in [-0.3, -0.25) is 0 Å². The number of aromatic nitrogens is 4. The van der Waals surface area contributed by atoms with E-state index in [1.54, 1.807) is 0 Å². The zero-order valence-corrected chi connectivity index (χ0v) is 33.9. The molecule has 6 heteroatoms. The third-order valence-electron chi connectivity index (χ3n) is 11.4. The molecule has 0 bridgehead atoms. The fraction of sp³-hybridized carbons (Fsp3) is 0. The molecule has 0 saturated carbocycles. The van der Waals surface area contributed by atoms with Gasteiger partial charge in [0.05, 0.1) is 11.6 Å². The van der Waals surface area contributed by atoms with Crippen molar-refractivity contribution >= 4 is 21.9 Å². The van der Waals surface area contributed by atoms with Crippen molar-refractivity contribution in [3.63, 3.8) is 0 Å². The summed E-state index contributed by atoms with van der Waals surface area (Å²) >= 11 is 0. The summed E-state index contributed by atoms with van der Waals surface area (Å²) in [5.41, 5.74) is 14.2. The van der Waals surface area contributed by atoms with Crippen molar-refractivity contribution in [1.29, 1.82) is 5.26 Å². The molecule has 0 aliphatic rings. The van der Waals surface area contributed by atoms with Gasteiger partial charge in [0, 0.05) is 22.3 Å². The van der Waals surface area contributed by atoms with E-state index in [0.29, 0.717) is 28.9 Å². The predicted octanol–water partition coefficient (Wildman–Crippen LogP) is 14.4. The van der Waals surface area contributed by atoms with Crippen LogP contribution in [0.5, 0.6) is 0 Å². The maximum Gasteiger partial charge on any atom is 0.227 e. The minimum absolute atomic E-state index is 0.587. The van der Waals surface area contributed by atoms with Gasteiger partial charge in [0.2, 0.25) is 5.89 Å². The van der Waals surface area contributed by atoms with E-state index in [0.717, 1.165) is 88.6 Å². The van der Waals surface area contributed by atoms with Crippen molar-refractivity contribution in [2.75, 3.05) is 0 Å². The maximum atomic E-state index is 9.93. The van der Waals surface area contributed by atoms with Crippen LogP contribution in [0.2, 0.25) is 0 Å². The number of nitrogens with zero attached hydrogens (tertiary/aromatic N) is 5. The van der Waals surface area contributed by atoms with Crippen LogP contribution in [0.3, 0.4) is 0 Å². The van der Waals surface area contributed by atoms with Crippen molar-refractivity contribution in [2.24, 2.45) is 0 Å². The Labute approximate surface area is 364 Å². The van der Waals surface area contributed by atoms with Gasteiger partial charge in [0.1, 0.15) is 5.52 Å². The Bertz CT molecular complexity index is 3430. The van der Waals surface area contributed by atoms with Crippen LogP contribution in [0.4, 0.5) is 0 Å². The standard InChI is InChI=1S/C57H35N5O/c58-36-37-14-11-20-43(34-37)45-24-13-25-49(48-32-33-50(47-23-8-7-22-46(47)48)57-59-51-26-9-10-27-52(51)63-57)53(45)44-21-12-19-42(35-44)38-28-30-41(31-29-38)56-61-54(39-15-3-1-4-16-39)60-55(62-56)40-17-5-2-6-18-40/h1-35H. The van der Waals surface area contributed by atoms with E-state index in [9.17, 15) is 5.26 Å². The second-order valence-corrected chi connectivity index (χ2v) is 15.3. The van der Waals surface area contributed by atoms with Gasteiger partial charge in [-0.05, 0) is 91.7 Å². The SMILES string of the molecule is N#Cc1cccc(-c2cccc(-c3ccc(-c4nc5ccccc5o4)c4ccccc34)c2-c2cccc(-c3ccc(-c4nc(-c5ccccc5)nc(-c5ccccc5)n4)cc3)c2)c1. The van der Waals surface area contributed by atoms with Gasteiger partial charge >= 0.3 is 0 Å². The van der Waals surface area contributed by atoms with Crippen molar-refractivity contribution in [2.45, 2.75) is 0 Å². The number of benzene rings is 9. The molecule has 0 aliphatic heterocycles. The smallest absolute Gasteiger partial charge is 0.227 e. The van der Waals surface area contributed by atoms with E-state index in [4.69, 9.17) is 24.4 Å². The van der Waals surface area contributed by atoms with Crippen molar-refractivity contribution < 1.29 is 4.42 Å². The molecule has 0 fully saturated rings. The molecule has 0 aliphatic carbocycles. The fourth-order valence-electron chi connectivity index (χ4n) is 8.40. The first-order chi connectivity index (χ1) is 31.2. The van der Waals surface area contributed by atoms with Crippen LogP contribution in [0, 0.1) is 11.3 Å². The number of rotatable bonds is 8. The second kappa shape index (κ2) is 16.0. The molecule has 9 aromatic carbocycles. The molecule has 0 amide bonds. The lowest BCUT2D eigenvalue weighted by Gasteiger charge is -2.19. The van der Waals surface area contributed by atoms with Gasteiger partial charge in [-0.2, -0.15) is 5.26 Å². The molecular formula is C57H35N5O. The lowest BCUT2D eigenvalue weighted by atomic mass is 9.84. The lowest BCUT2D eigenvalue weighted by molar-refractivity contribution is 0.620. The molecule has 11 rings (SSSR count). The molecule has 0 N–H and O–H groups in total. The number of nitriles is 1. The van der Waals surface area contributed by atoms with Gasteiger partial charge < -0.3 is 4.42 Å². The summed E-state index contributed by atoms with van der Waals surface area (Å²) in [6, 6.07) is 74.3. The summed E-state index contributed by atoms with van der Waals surface area (Å²) in [4.78, 5) is 19.6. The van der Waals surface area contributed by atoms with E-state index in [-0.39, 0.29) is 0 Å². The van der Waals surface area contributed by atoms with Crippen LogP contribution in [0.1, 0.15) is 5.56 Å². The normalized spacial score (nSPS) is 11.2. The number of para-hydroxylation sites is 2.